The van der Waals surface area contributed by atoms with Crippen LogP contribution in [0.5, 0.6) is 0 Å². The lowest BCUT2D eigenvalue weighted by molar-refractivity contribution is -0.128. The van der Waals surface area contributed by atoms with Crippen molar-refractivity contribution in [2.45, 2.75) is 13.3 Å². The second-order valence-electron chi connectivity index (χ2n) is 4.99. The van der Waals surface area contributed by atoms with E-state index in [0.29, 0.717) is 12.1 Å². The fourth-order valence-corrected chi connectivity index (χ4v) is 2.53. The number of rotatable bonds is 3. The summed E-state index contributed by atoms with van der Waals surface area (Å²) in [4.78, 5) is 25.0. The van der Waals surface area contributed by atoms with Gasteiger partial charge in [0.05, 0.1) is 5.41 Å². The number of aldehydes is 1. The molecule has 1 unspecified atom stereocenters. The quantitative estimate of drug-likeness (QED) is 0.821. The lowest BCUT2D eigenvalue weighted by Gasteiger charge is -2.24. The Morgan fingerprint density at radius 2 is 2.17 bits per heavy atom. The molecule has 1 amide bonds. The summed E-state index contributed by atoms with van der Waals surface area (Å²) in [5.41, 5.74) is 1.23. The summed E-state index contributed by atoms with van der Waals surface area (Å²) < 4.78 is 0. The Kier molecular flexibility index (Phi) is 3.36. The lowest BCUT2D eigenvalue weighted by atomic mass is 9.89. The van der Waals surface area contributed by atoms with Gasteiger partial charge < -0.3 is 10.2 Å². The molecule has 4 heteroatoms. The zero-order valence-corrected chi connectivity index (χ0v) is 10.8. The Hall–Kier alpha value is -1.84. The second-order valence-corrected chi connectivity index (χ2v) is 4.99. The fraction of sp³-hybridized carbons (Fsp3) is 0.429. The van der Waals surface area contributed by atoms with E-state index >= 15 is 0 Å². The highest BCUT2D eigenvalue weighted by molar-refractivity contribution is 5.87. The second kappa shape index (κ2) is 4.80. The topological polar surface area (TPSA) is 49.4 Å². The third-order valence-corrected chi connectivity index (χ3v) is 3.65. The molecule has 96 valence electrons. The van der Waals surface area contributed by atoms with Gasteiger partial charge in [0, 0.05) is 31.4 Å². The van der Waals surface area contributed by atoms with Crippen LogP contribution < -0.4 is 10.2 Å². The number of nitrogens with zero attached hydrogens (tertiary/aromatic N) is 1. The molecule has 0 bridgehead atoms. The van der Waals surface area contributed by atoms with Crippen molar-refractivity contribution in [3.8, 4) is 0 Å². The summed E-state index contributed by atoms with van der Waals surface area (Å²) in [5, 5.41) is 2.71. The maximum atomic E-state index is 11.9. The molecule has 1 aliphatic heterocycles. The summed E-state index contributed by atoms with van der Waals surface area (Å²) in [7, 11) is 1.66. The van der Waals surface area contributed by atoms with Crippen molar-refractivity contribution in [1.29, 1.82) is 0 Å². The van der Waals surface area contributed by atoms with E-state index in [1.165, 1.54) is 0 Å². The number of hydrogen-bond donors (Lipinski definition) is 1. The van der Waals surface area contributed by atoms with Crippen molar-refractivity contribution < 1.29 is 9.59 Å². The zero-order valence-electron chi connectivity index (χ0n) is 10.8. The Morgan fingerprint density at radius 1 is 1.44 bits per heavy atom. The molecule has 1 heterocycles. The maximum absolute atomic E-state index is 11.9. The largest absolute Gasteiger partial charge is 0.370 e. The zero-order chi connectivity index (χ0) is 13.2. The molecule has 1 atom stereocenters. The van der Waals surface area contributed by atoms with Gasteiger partial charge in [-0.3, -0.25) is 9.59 Å². The monoisotopic (exact) mass is 246 g/mol. The van der Waals surface area contributed by atoms with Gasteiger partial charge in [0.25, 0.3) is 0 Å². The van der Waals surface area contributed by atoms with Crippen LogP contribution in [0, 0.1) is 5.41 Å². The van der Waals surface area contributed by atoms with Crippen LogP contribution in [0.1, 0.15) is 23.7 Å². The first-order valence-electron chi connectivity index (χ1n) is 6.12. The standard InChI is InChI=1S/C14H18N2O2/c1-14(13(18)15-2)7-8-16(10-14)12-6-4-3-5-11(12)9-17/h3-6,9H,7-8,10H2,1-2H3,(H,15,18). The van der Waals surface area contributed by atoms with E-state index in [-0.39, 0.29) is 11.3 Å². The SMILES string of the molecule is CNC(=O)C1(C)CCN(c2ccccc2C=O)C1. The number of hydrogen-bond acceptors (Lipinski definition) is 3. The van der Waals surface area contributed by atoms with Gasteiger partial charge in [0.15, 0.2) is 6.29 Å². The fourth-order valence-electron chi connectivity index (χ4n) is 2.53. The molecule has 2 rings (SSSR count). The first-order chi connectivity index (χ1) is 8.60. The highest BCUT2D eigenvalue weighted by Gasteiger charge is 2.40. The number of benzene rings is 1. The van der Waals surface area contributed by atoms with E-state index in [0.717, 1.165) is 24.9 Å². The van der Waals surface area contributed by atoms with Crippen molar-refractivity contribution in [3.05, 3.63) is 29.8 Å². The molecule has 1 aromatic rings. The summed E-state index contributed by atoms with van der Waals surface area (Å²) in [6.45, 7) is 3.42. The molecular weight excluding hydrogens is 228 g/mol. The van der Waals surface area contributed by atoms with E-state index in [9.17, 15) is 9.59 Å². The molecular formula is C14H18N2O2. The van der Waals surface area contributed by atoms with Gasteiger partial charge in [-0.2, -0.15) is 0 Å². The Labute approximate surface area is 107 Å². The molecule has 18 heavy (non-hydrogen) atoms. The van der Waals surface area contributed by atoms with Gasteiger partial charge in [0.1, 0.15) is 0 Å². The molecule has 1 saturated heterocycles. The first-order valence-corrected chi connectivity index (χ1v) is 6.12. The number of nitrogens with one attached hydrogen (secondary N) is 1. The summed E-state index contributed by atoms with van der Waals surface area (Å²) in [5.74, 6) is 0.0635. The van der Waals surface area contributed by atoms with Gasteiger partial charge in [-0.05, 0) is 25.5 Å². The molecule has 0 spiro atoms. The Balaban J connectivity index is 2.23. The van der Waals surface area contributed by atoms with Crippen LogP contribution in [-0.4, -0.2) is 32.3 Å². The Morgan fingerprint density at radius 3 is 2.83 bits per heavy atom. The van der Waals surface area contributed by atoms with E-state index in [4.69, 9.17) is 0 Å². The van der Waals surface area contributed by atoms with Crippen molar-refractivity contribution in [1.82, 2.24) is 5.32 Å². The van der Waals surface area contributed by atoms with Crippen LogP contribution in [0.25, 0.3) is 0 Å². The Bertz CT molecular complexity index is 473. The third-order valence-electron chi connectivity index (χ3n) is 3.65. The van der Waals surface area contributed by atoms with Crippen molar-refractivity contribution in [2.75, 3.05) is 25.0 Å². The predicted molar refractivity (Wildman–Crippen MR) is 70.8 cm³/mol. The van der Waals surface area contributed by atoms with Gasteiger partial charge >= 0.3 is 0 Å². The van der Waals surface area contributed by atoms with Crippen LogP contribution in [0.3, 0.4) is 0 Å². The van der Waals surface area contributed by atoms with E-state index in [1.807, 2.05) is 25.1 Å². The molecule has 1 fully saturated rings. The van der Waals surface area contributed by atoms with Crippen LogP contribution in [0.4, 0.5) is 5.69 Å². The van der Waals surface area contributed by atoms with E-state index in [1.54, 1.807) is 13.1 Å². The molecule has 1 aliphatic rings. The van der Waals surface area contributed by atoms with Crippen molar-refractivity contribution >= 4 is 17.9 Å². The third kappa shape index (κ3) is 2.10. The van der Waals surface area contributed by atoms with Crippen LogP contribution in [0.15, 0.2) is 24.3 Å². The smallest absolute Gasteiger partial charge is 0.227 e. The number of carbonyl (C=O) groups is 2. The molecule has 0 radical (unpaired) electrons. The van der Waals surface area contributed by atoms with Gasteiger partial charge in [-0.1, -0.05) is 12.1 Å². The van der Waals surface area contributed by atoms with Crippen LogP contribution in [-0.2, 0) is 4.79 Å². The van der Waals surface area contributed by atoms with Crippen LogP contribution in [0.2, 0.25) is 0 Å². The normalized spacial score (nSPS) is 22.9. The number of para-hydroxylation sites is 1. The van der Waals surface area contributed by atoms with E-state index < -0.39 is 0 Å². The summed E-state index contributed by atoms with van der Waals surface area (Å²) in [6, 6.07) is 7.50. The summed E-state index contributed by atoms with van der Waals surface area (Å²) in [6.07, 6.45) is 1.67. The highest BCUT2D eigenvalue weighted by Crippen LogP contribution is 2.34. The predicted octanol–water partition coefficient (Wildman–Crippen LogP) is 1.46. The minimum Gasteiger partial charge on any atom is -0.370 e. The molecule has 4 nitrogen and oxygen atoms in total. The van der Waals surface area contributed by atoms with Crippen LogP contribution >= 0.6 is 0 Å². The van der Waals surface area contributed by atoms with Crippen molar-refractivity contribution in [3.63, 3.8) is 0 Å². The summed E-state index contributed by atoms with van der Waals surface area (Å²) >= 11 is 0. The molecule has 0 saturated carbocycles. The minimum atomic E-state index is -0.370. The molecule has 1 N–H and O–H groups in total. The van der Waals surface area contributed by atoms with E-state index in [2.05, 4.69) is 10.2 Å². The average Bonchev–Trinajstić information content (AvgIpc) is 2.81. The van der Waals surface area contributed by atoms with Crippen molar-refractivity contribution in [2.24, 2.45) is 5.41 Å². The number of carbonyl (C=O) groups excluding carboxylic acids is 2. The maximum Gasteiger partial charge on any atom is 0.227 e. The molecule has 0 aromatic heterocycles. The molecule has 1 aromatic carbocycles. The van der Waals surface area contributed by atoms with Gasteiger partial charge in [0.2, 0.25) is 5.91 Å². The van der Waals surface area contributed by atoms with Gasteiger partial charge in [-0.25, -0.2) is 0 Å². The first kappa shape index (κ1) is 12.6. The number of amides is 1. The lowest BCUT2D eigenvalue weighted by Crippen LogP contribution is -2.39. The number of anilines is 1. The average molecular weight is 246 g/mol. The highest BCUT2D eigenvalue weighted by atomic mass is 16.2. The minimum absolute atomic E-state index is 0.0635. The van der Waals surface area contributed by atoms with Gasteiger partial charge in [-0.15, -0.1) is 0 Å². The molecule has 0 aliphatic carbocycles.